The van der Waals surface area contributed by atoms with Crippen molar-refractivity contribution in [3.8, 4) is 10.4 Å². The fraction of sp³-hybridized carbons (Fsp3) is 0.500. The summed E-state index contributed by atoms with van der Waals surface area (Å²) in [5, 5.41) is 27.5. The number of nitrogens with zero attached hydrogens (tertiary/aromatic N) is 4. The van der Waals surface area contributed by atoms with Gasteiger partial charge in [-0.25, -0.2) is 45.5 Å². The molecule has 8 N–H and O–H groups in total. The average Bonchev–Trinajstić information content (AvgIpc) is 1.57. The zero-order valence-corrected chi connectivity index (χ0v) is 63.4. The monoisotopic (exact) mass is 1640 g/mol. The number of ether oxygens (including phenoxy) is 2. The Kier molecular flexibility index (Phi) is 23.1. The van der Waals surface area contributed by atoms with Gasteiger partial charge in [0.25, 0.3) is 16.3 Å². The highest BCUT2D eigenvalue weighted by molar-refractivity contribution is 7.91. The number of nitrogens with one attached hydrogen (secondary N) is 5. The van der Waals surface area contributed by atoms with Crippen molar-refractivity contribution in [2.24, 2.45) is 17.0 Å². The van der Waals surface area contributed by atoms with E-state index in [2.05, 4.69) is 36.0 Å². The molecule has 14 rings (SSSR count). The number of nitrogens with two attached hydrogens (primary N) is 1. The van der Waals surface area contributed by atoms with Gasteiger partial charge in [-0.2, -0.15) is 26.3 Å². The van der Waals surface area contributed by atoms with Crippen molar-refractivity contribution in [2.45, 2.75) is 199 Å². The first-order valence-corrected chi connectivity index (χ1v) is 40.8. The Morgan fingerprint density at radius 1 is 0.615 bits per heavy atom. The van der Waals surface area contributed by atoms with E-state index < -0.39 is 159 Å². The summed E-state index contributed by atoms with van der Waals surface area (Å²) >= 11 is 14.7. The molecule has 2 saturated heterocycles. The number of hydrogen-bond donors (Lipinski definition) is 7. The molecule has 0 unspecified atom stereocenters. The first-order chi connectivity index (χ1) is 51.2. The van der Waals surface area contributed by atoms with Crippen molar-refractivity contribution < 1.29 is 95.3 Å². The lowest BCUT2D eigenvalue weighted by Gasteiger charge is -2.30. The zero-order chi connectivity index (χ0) is 78.6. The average molecular weight is 1640 g/mol. The zero-order valence-electron chi connectivity index (χ0n) is 58.6. The summed E-state index contributed by atoms with van der Waals surface area (Å²) in [6.07, 6.45) is 4.01. The Morgan fingerprint density at radius 2 is 1.04 bits per heavy atom. The number of amides is 5. The molecule has 588 valence electrons. The first-order valence-electron chi connectivity index (χ1n) is 35.4. The van der Waals surface area contributed by atoms with E-state index in [-0.39, 0.29) is 73.4 Å². The van der Waals surface area contributed by atoms with Gasteiger partial charge in [-0.05, 0) is 164 Å². The van der Waals surface area contributed by atoms with Crippen LogP contribution in [0.25, 0.3) is 20.4 Å². The Hall–Kier alpha value is -7.96. The maximum absolute atomic E-state index is 14.5. The van der Waals surface area contributed by atoms with Crippen LogP contribution in [0.15, 0.2) is 97.1 Å². The fourth-order valence-electron chi connectivity index (χ4n) is 13.8. The Morgan fingerprint density at radius 3 is 1.44 bits per heavy atom. The summed E-state index contributed by atoms with van der Waals surface area (Å²) in [4.78, 5) is 94.4. The van der Waals surface area contributed by atoms with Crippen LogP contribution in [0.2, 0.25) is 10.0 Å². The maximum Gasteiger partial charge on any atom is 0.416 e. The molecule has 37 heteroatoms. The third kappa shape index (κ3) is 18.7. The molecule has 6 aromatic rings. The van der Waals surface area contributed by atoms with Crippen molar-refractivity contribution in [1.82, 2.24) is 35.1 Å². The van der Waals surface area contributed by atoms with Crippen molar-refractivity contribution in [3.63, 3.8) is 0 Å². The number of carbonyl (C=O) groups excluding carboxylic acids is 5. The van der Waals surface area contributed by atoms with Crippen LogP contribution in [0.5, 0.6) is 10.4 Å². The fourth-order valence-corrected chi connectivity index (χ4v) is 18.1. The van der Waals surface area contributed by atoms with Crippen LogP contribution < -0.4 is 40.6 Å². The number of aliphatic carboxylic acids is 1. The number of thiazole rings is 2. The molecule has 6 fully saturated rings. The number of carbonyl (C=O) groups is 6. The van der Waals surface area contributed by atoms with E-state index in [0.717, 1.165) is 52.9 Å². The molecule has 5 amide bonds. The number of alkyl halides is 6. The van der Waals surface area contributed by atoms with E-state index in [9.17, 15) is 85.8 Å². The van der Waals surface area contributed by atoms with Gasteiger partial charge in [-0.15, -0.1) is 0 Å². The molecule has 2 aromatic heterocycles. The van der Waals surface area contributed by atoms with Crippen LogP contribution in [-0.2, 0) is 61.2 Å². The van der Waals surface area contributed by atoms with Crippen molar-refractivity contribution in [2.75, 3.05) is 23.7 Å². The summed E-state index contributed by atoms with van der Waals surface area (Å²) in [6, 6.07) is 9.56. The number of carboxylic acid groups (broad SMARTS) is 1. The molecule has 23 nitrogen and oxygen atoms in total. The molecule has 8 aliphatic rings. The first kappa shape index (κ1) is 80.6. The van der Waals surface area contributed by atoms with Crippen LogP contribution in [-0.4, -0.2) is 147 Å². The maximum atomic E-state index is 14.5. The quantitative estimate of drug-likeness (QED) is 0.0417. The minimum atomic E-state index is -4.84. The lowest BCUT2D eigenvalue weighted by atomic mass is 10.0. The summed E-state index contributed by atoms with van der Waals surface area (Å²) < 4.78 is 172. The summed E-state index contributed by atoms with van der Waals surface area (Å²) in [7, 11) is -7.27. The number of sulfonamides is 2. The molecule has 4 aromatic carbocycles. The number of aromatic nitrogens is 2. The van der Waals surface area contributed by atoms with Gasteiger partial charge in [0, 0.05) is 46.1 Å². The van der Waals surface area contributed by atoms with E-state index in [1.165, 1.54) is 32.5 Å². The van der Waals surface area contributed by atoms with Crippen LogP contribution in [0, 0.1) is 23.5 Å². The standard InChI is InChI=1S/C36H38ClF4N5O6S2.C32H31ClF4N4O5S.C4H9NO2S/c1-34(11-12-34)54(50,51)45-32(49)35-18-20(35)7-5-3-2-4-6-8-27(42-24-14-21(36(39,40)41)13-23(38)16-24)31(48)46-19-25(17-28(46)30(47)44-35)52-33-43-26-10-9-22(37)15-29(26)53-33;33-19-8-9-23-26(12-19)47-30(39-23)46-22-14-25-27(42)40-31(29(44)45)15-17(31)6-4-2-1-3-5-7-24(28(43)41(25)16-22)38-21-11-18(32(35,36)37)10-20(34)13-21;1-4(2-3-4)8(5,6)7/h5,7,9-10,13-16,20,25,27-28,42H,2-4,6,8,11-12,17-19H2,1H3,(H,44,47)(H,45,49);4,6,8-13,17,22,24-25,38H,1-3,5,7,14-16H2,(H,40,42)(H,44,45);2-3H2,1H3,(H2,5,6,7)/b7-5-;6-4-;/t20-,25-,27+,28+,35-;17-,22-,24+,25+,31-;/m11./s1. The predicted octanol–water partition coefficient (Wildman–Crippen LogP) is 12.6. The summed E-state index contributed by atoms with van der Waals surface area (Å²) in [5.74, 6) is -7.90. The number of rotatable bonds is 13. The minimum Gasteiger partial charge on any atom is -0.479 e. The van der Waals surface area contributed by atoms with Gasteiger partial charge in [0.05, 0.1) is 54.1 Å². The lowest BCUT2D eigenvalue weighted by Crippen LogP contribution is -2.58. The topological polar surface area (TPSA) is 328 Å². The van der Waals surface area contributed by atoms with Crippen molar-refractivity contribution >= 4 is 133 Å². The second-order valence-corrected chi connectivity index (χ2v) is 36.5. The summed E-state index contributed by atoms with van der Waals surface area (Å²) in [6.45, 7) is 3.01. The van der Waals surface area contributed by atoms with Crippen LogP contribution in [0.1, 0.15) is 141 Å². The Bertz CT molecular complexity index is 4830. The lowest BCUT2D eigenvalue weighted by molar-refractivity contribution is -0.145. The second kappa shape index (κ2) is 31.3. The summed E-state index contributed by atoms with van der Waals surface area (Å²) in [5.41, 5.74) is -4.78. The van der Waals surface area contributed by atoms with Crippen LogP contribution in [0.3, 0.4) is 0 Å². The second-order valence-electron chi connectivity index (χ2n) is 29.4. The number of fused-ring (bicyclic) bond motifs is 6. The molecule has 6 heterocycles. The van der Waals surface area contributed by atoms with Gasteiger partial charge in [0.1, 0.15) is 59.1 Å². The highest BCUT2D eigenvalue weighted by atomic mass is 35.5. The molecule has 0 bridgehead atoms. The van der Waals surface area contributed by atoms with E-state index in [0.29, 0.717) is 91.0 Å². The Labute approximate surface area is 639 Å². The molecule has 10 atom stereocenters. The third-order valence-electron chi connectivity index (χ3n) is 21.1. The smallest absolute Gasteiger partial charge is 0.416 e. The minimum absolute atomic E-state index is 0.00929. The number of primary sulfonamides is 1. The van der Waals surface area contributed by atoms with E-state index >= 15 is 0 Å². The van der Waals surface area contributed by atoms with Crippen molar-refractivity contribution in [1.29, 1.82) is 0 Å². The van der Waals surface area contributed by atoms with E-state index in [1.54, 1.807) is 62.4 Å². The number of anilines is 2. The van der Waals surface area contributed by atoms with Gasteiger partial charge in [-0.3, -0.25) is 28.7 Å². The largest absolute Gasteiger partial charge is 0.479 e. The highest BCUT2D eigenvalue weighted by Crippen LogP contribution is 2.49. The molecule has 4 aliphatic carbocycles. The Balaban J connectivity index is 0.000000185. The number of hydrogen-bond acceptors (Lipinski definition) is 18. The van der Waals surface area contributed by atoms with Crippen molar-refractivity contribution in [3.05, 3.63) is 130 Å². The van der Waals surface area contributed by atoms with Gasteiger partial charge in [0.2, 0.25) is 43.7 Å². The highest BCUT2D eigenvalue weighted by Gasteiger charge is 2.64. The SMILES string of the molecule is CC1(S(=O)(=O)NC(=O)[C@@]23C[C@H]2/C=C\CCCCC[C@H](Nc2cc(F)cc(C(F)(F)F)c2)C(=O)N2C[C@H](Oc4nc5ccc(Cl)cc5s4)C[C@H]2C(=O)N3)CC1.CC1(S(N)(=O)=O)CC1.O=C1N[C@]2(C(=O)O)C[C@H]2/C=C\CCCCC[C@H](Nc2cc(F)cc(C(F)(F)F)c2)C(=O)N2C[C@H](Oc3nc4ccc(Cl)cc4s3)C[C@@H]12. The van der Waals surface area contributed by atoms with E-state index in [4.69, 9.17) is 37.8 Å². The van der Waals surface area contributed by atoms with Crippen LogP contribution in [0.4, 0.5) is 46.5 Å². The molecule has 4 saturated carbocycles. The third-order valence-corrected chi connectivity index (χ3v) is 27.3. The normalized spacial score (nSPS) is 27.6. The van der Waals surface area contributed by atoms with Gasteiger partial charge < -0.3 is 45.6 Å². The predicted molar refractivity (Wildman–Crippen MR) is 391 cm³/mol. The number of allylic oxidation sites excluding steroid dienone is 2. The molecular formula is C72H78Cl2F8N10O13S4. The molecule has 109 heavy (non-hydrogen) atoms. The molecule has 0 radical (unpaired) electrons. The van der Waals surface area contributed by atoms with Gasteiger partial charge >= 0.3 is 18.3 Å². The molecular weight excluding hydrogens is 1560 g/mol. The van der Waals surface area contributed by atoms with Crippen LogP contribution >= 0.6 is 45.9 Å². The number of halogens is 10. The molecule has 4 aliphatic heterocycles. The number of benzene rings is 4. The van der Waals surface area contributed by atoms with E-state index in [1.807, 2.05) is 12.2 Å². The van der Waals surface area contributed by atoms with Gasteiger partial charge in [-0.1, -0.05) is 95.9 Å². The molecule has 0 spiro atoms. The van der Waals surface area contributed by atoms with Gasteiger partial charge in [0.15, 0.2) is 0 Å². The number of carboxylic acids is 1.